The third kappa shape index (κ3) is 3.81. The number of carbonyl (C=O) groups is 2. The minimum atomic E-state index is -0.986. The molecular formula is C21H13Cl2N3O3. The molecule has 0 saturated heterocycles. The molecule has 0 aliphatic carbocycles. The van der Waals surface area contributed by atoms with Crippen molar-refractivity contribution in [2.24, 2.45) is 0 Å². The highest BCUT2D eigenvalue weighted by atomic mass is 35.5. The lowest BCUT2D eigenvalue weighted by Crippen LogP contribution is -2.04. The number of anilines is 2. The number of hydrogen-bond donors (Lipinski definition) is 2. The number of benzene rings is 2. The predicted molar refractivity (Wildman–Crippen MR) is 112 cm³/mol. The first-order valence-corrected chi connectivity index (χ1v) is 9.26. The van der Waals surface area contributed by atoms with E-state index >= 15 is 0 Å². The van der Waals surface area contributed by atoms with Gasteiger partial charge in [0.05, 0.1) is 27.4 Å². The van der Waals surface area contributed by atoms with Crippen LogP contribution in [0.25, 0.3) is 5.65 Å². The van der Waals surface area contributed by atoms with Crippen LogP contribution in [0.15, 0.2) is 67.0 Å². The number of imidazole rings is 1. The highest BCUT2D eigenvalue weighted by Crippen LogP contribution is 2.27. The molecule has 4 aromatic rings. The number of rotatable bonds is 5. The van der Waals surface area contributed by atoms with Crippen LogP contribution in [0.2, 0.25) is 10.0 Å². The van der Waals surface area contributed by atoms with E-state index in [1.807, 2.05) is 0 Å². The quantitative estimate of drug-likeness (QED) is 0.423. The molecule has 0 atom stereocenters. The third-order valence-corrected chi connectivity index (χ3v) is 4.94. The Morgan fingerprint density at radius 1 is 0.897 bits per heavy atom. The highest BCUT2D eigenvalue weighted by molar-refractivity contribution is 6.41. The zero-order chi connectivity index (χ0) is 20.5. The van der Waals surface area contributed by atoms with Gasteiger partial charge in [0.1, 0.15) is 11.5 Å². The molecule has 0 unspecified atom stereocenters. The number of fused-ring (bicyclic) bond motifs is 1. The second kappa shape index (κ2) is 7.58. The first kappa shape index (κ1) is 19.0. The summed E-state index contributed by atoms with van der Waals surface area (Å²) in [5, 5.41) is 12.7. The lowest BCUT2D eigenvalue weighted by molar-refractivity contribution is 0.0696. The Kier molecular flexibility index (Phi) is 4.96. The lowest BCUT2D eigenvalue weighted by atomic mass is 10.0. The number of hydrogen-bond acceptors (Lipinski definition) is 4. The van der Waals surface area contributed by atoms with Crippen molar-refractivity contribution >= 4 is 52.1 Å². The van der Waals surface area contributed by atoms with Crippen molar-refractivity contribution < 1.29 is 14.7 Å². The van der Waals surface area contributed by atoms with Gasteiger partial charge in [-0.1, -0.05) is 29.3 Å². The van der Waals surface area contributed by atoms with E-state index in [2.05, 4.69) is 10.3 Å². The van der Waals surface area contributed by atoms with Crippen LogP contribution in [0.5, 0.6) is 0 Å². The van der Waals surface area contributed by atoms with Crippen LogP contribution in [0.1, 0.15) is 26.3 Å². The molecule has 0 radical (unpaired) electrons. The molecule has 6 nitrogen and oxygen atoms in total. The molecule has 144 valence electrons. The van der Waals surface area contributed by atoms with Gasteiger partial charge in [0.2, 0.25) is 0 Å². The number of pyridine rings is 1. The highest BCUT2D eigenvalue weighted by Gasteiger charge is 2.17. The standard InChI is InChI=1S/C21H13Cl2N3O3/c22-15-2-1-3-16(23)19(15)20(27)13-6-9-18-25-17(11-26(18)10-13)24-14-7-4-12(5-8-14)21(28)29/h1-11,24H,(H,28,29). The number of nitrogens with one attached hydrogen (secondary N) is 1. The Morgan fingerprint density at radius 2 is 1.55 bits per heavy atom. The maximum absolute atomic E-state index is 12.9. The molecule has 0 aliphatic rings. The van der Waals surface area contributed by atoms with Crippen LogP contribution in [-0.4, -0.2) is 26.2 Å². The molecule has 0 aliphatic heterocycles. The first-order chi connectivity index (χ1) is 13.9. The number of carboxylic acids is 1. The fourth-order valence-corrected chi connectivity index (χ4v) is 3.46. The molecule has 2 N–H and O–H groups in total. The molecule has 29 heavy (non-hydrogen) atoms. The minimum absolute atomic E-state index is 0.201. The van der Waals surface area contributed by atoms with Gasteiger partial charge in [0, 0.05) is 17.4 Å². The van der Waals surface area contributed by atoms with Gasteiger partial charge in [0.25, 0.3) is 0 Å². The van der Waals surface area contributed by atoms with Crippen molar-refractivity contribution in [2.45, 2.75) is 0 Å². The Balaban J connectivity index is 1.62. The lowest BCUT2D eigenvalue weighted by Gasteiger charge is -2.06. The van der Waals surface area contributed by atoms with Gasteiger partial charge in [-0.05, 0) is 48.5 Å². The molecule has 2 heterocycles. The summed E-state index contributed by atoms with van der Waals surface area (Å²) in [5.74, 6) is -0.719. The first-order valence-electron chi connectivity index (χ1n) is 8.50. The van der Waals surface area contributed by atoms with E-state index < -0.39 is 5.97 Å². The van der Waals surface area contributed by atoms with E-state index in [4.69, 9.17) is 28.3 Å². The molecule has 2 aromatic carbocycles. The number of aromatic carboxylic acids is 1. The largest absolute Gasteiger partial charge is 0.478 e. The summed E-state index contributed by atoms with van der Waals surface area (Å²) in [7, 11) is 0. The zero-order valence-electron chi connectivity index (χ0n) is 14.8. The second-order valence-corrected chi connectivity index (χ2v) is 7.06. The second-order valence-electron chi connectivity index (χ2n) is 6.24. The molecular weight excluding hydrogens is 413 g/mol. The average molecular weight is 426 g/mol. The van der Waals surface area contributed by atoms with Crippen molar-refractivity contribution in [3.63, 3.8) is 0 Å². The number of halogens is 2. The molecule has 0 amide bonds. The molecule has 2 aromatic heterocycles. The van der Waals surface area contributed by atoms with Crippen LogP contribution in [0.4, 0.5) is 11.5 Å². The molecule has 8 heteroatoms. The Hall–Kier alpha value is -3.35. The van der Waals surface area contributed by atoms with Crippen LogP contribution >= 0.6 is 23.2 Å². The topological polar surface area (TPSA) is 83.7 Å². The fraction of sp³-hybridized carbons (Fsp3) is 0. The normalized spacial score (nSPS) is 10.8. The van der Waals surface area contributed by atoms with E-state index in [0.29, 0.717) is 32.8 Å². The molecule has 0 bridgehead atoms. The van der Waals surface area contributed by atoms with Crippen molar-refractivity contribution in [1.82, 2.24) is 9.38 Å². The third-order valence-electron chi connectivity index (χ3n) is 4.31. The van der Waals surface area contributed by atoms with Gasteiger partial charge >= 0.3 is 5.97 Å². The summed E-state index contributed by atoms with van der Waals surface area (Å²) >= 11 is 12.3. The van der Waals surface area contributed by atoms with Gasteiger partial charge in [0.15, 0.2) is 5.78 Å². The van der Waals surface area contributed by atoms with Gasteiger partial charge in [-0.15, -0.1) is 0 Å². The predicted octanol–water partition coefficient (Wildman–Crippen LogP) is 5.31. The van der Waals surface area contributed by atoms with E-state index in [1.54, 1.807) is 59.3 Å². The van der Waals surface area contributed by atoms with Crippen LogP contribution in [0, 0.1) is 0 Å². The molecule has 0 saturated carbocycles. The maximum atomic E-state index is 12.9. The molecule has 0 spiro atoms. The van der Waals surface area contributed by atoms with Crippen LogP contribution in [-0.2, 0) is 0 Å². The summed E-state index contributed by atoms with van der Waals surface area (Å²) < 4.78 is 1.71. The van der Waals surface area contributed by atoms with Gasteiger partial charge in [-0.3, -0.25) is 4.79 Å². The van der Waals surface area contributed by atoms with Gasteiger partial charge < -0.3 is 14.8 Å². The average Bonchev–Trinajstić information content (AvgIpc) is 3.09. The van der Waals surface area contributed by atoms with Gasteiger partial charge in [-0.2, -0.15) is 0 Å². The van der Waals surface area contributed by atoms with E-state index in [1.165, 1.54) is 12.1 Å². The summed E-state index contributed by atoms with van der Waals surface area (Å²) in [6.07, 6.45) is 3.38. The number of nitrogens with zero attached hydrogens (tertiary/aromatic N) is 2. The smallest absolute Gasteiger partial charge is 0.335 e. The fourth-order valence-electron chi connectivity index (χ4n) is 2.89. The SMILES string of the molecule is O=C(O)c1ccc(Nc2cn3cc(C(=O)c4c(Cl)cccc4Cl)ccc3n2)cc1. The Labute approximate surface area is 175 Å². The van der Waals surface area contributed by atoms with Crippen LogP contribution < -0.4 is 5.32 Å². The van der Waals surface area contributed by atoms with Crippen molar-refractivity contribution in [3.8, 4) is 0 Å². The summed E-state index contributed by atoms with van der Waals surface area (Å²) in [6, 6.07) is 14.6. The van der Waals surface area contributed by atoms with Crippen molar-refractivity contribution in [1.29, 1.82) is 0 Å². The summed E-state index contributed by atoms with van der Waals surface area (Å²) in [4.78, 5) is 28.2. The number of carboxylic acid groups (broad SMARTS) is 1. The molecule has 4 rings (SSSR count). The number of ketones is 1. The molecule has 0 fully saturated rings. The van der Waals surface area contributed by atoms with Gasteiger partial charge in [-0.25, -0.2) is 9.78 Å². The maximum Gasteiger partial charge on any atom is 0.335 e. The van der Waals surface area contributed by atoms with E-state index in [0.717, 1.165) is 0 Å². The monoisotopic (exact) mass is 425 g/mol. The number of carbonyl (C=O) groups excluding carboxylic acids is 1. The Morgan fingerprint density at radius 3 is 2.21 bits per heavy atom. The number of aromatic nitrogens is 2. The minimum Gasteiger partial charge on any atom is -0.478 e. The zero-order valence-corrected chi connectivity index (χ0v) is 16.3. The van der Waals surface area contributed by atoms with E-state index in [9.17, 15) is 9.59 Å². The Bertz CT molecular complexity index is 1230. The van der Waals surface area contributed by atoms with Crippen molar-refractivity contribution in [2.75, 3.05) is 5.32 Å². The summed E-state index contributed by atoms with van der Waals surface area (Å²) in [5.41, 5.74) is 2.20. The van der Waals surface area contributed by atoms with Crippen LogP contribution in [0.3, 0.4) is 0 Å². The van der Waals surface area contributed by atoms with E-state index in [-0.39, 0.29) is 16.9 Å². The van der Waals surface area contributed by atoms with Crippen molar-refractivity contribution in [3.05, 3.63) is 93.7 Å². The summed E-state index contributed by atoms with van der Waals surface area (Å²) in [6.45, 7) is 0.